The summed E-state index contributed by atoms with van der Waals surface area (Å²) in [6.07, 6.45) is 3.54. The summed E-state index contributed by atoms with van der Waals surface area (Å²) in [7, 11) is 0. The Morgan fingerprint density at radius 3 is 2.58 bits per heavy atom. The molecule has 0 aliphatic rings. The van der Waals surface area contributed by atoms with Gasteiger partial charge in [-0.05, 0) is 48.6 Å². The molecule has 4 heteroatoms. The third-order valence-electron chi connectivity index (χ3n) is 2.47. The molecule has 1 N–H and O–H groups in total. The van der Waals surface area contributed by atoms with Crippen molar-refractivity contribution < 1.29 is 9.53 Å². The Bertz CT molecular complexity index is 376. The Hall–Kier alpha value is -1.16. The molecule has 0 radical (unpaired) electrons. The first-order valence-corrected chi connectivity index (χ1v) is 8.03. The van der Waals surface area contributed by atoms with Gasteiger partial charge in [-0.2, -0.15) is 11.8 Å². The Balaban J connectivity index is 2.37. The number of ether oxygens (including phenoxy) is 1. The minimum absolute atomic E-state index is 0.0740. The van der Waals surface area contributed by atoms with E-state index < -0.39 is 0 Å². The molecule has 1 aromatic carbocycles. The molecule has 0 aliphatic carbocycles. The number of thioether (sulfide) groups is 1. The fourth-order valence-corrected chi connectivity index (χ4v) is 1.93. The van der Waals surface area contributed by atoms with Crippen molar-refractivity contribution in [3.8, 4) is 5.75 Å². The average molecular weight is 281 g/mol. The van der Waals surface area contributed by atoms with Crippen LogP contribution < -0.4 is 10.1 Å². The summed E-state index contributed by atoms with van der Waals surface area (Å²) in [4.78, 5) is 11.6. The normalized spacial score (nSPS) is 10.5. The highest BCUT2D eigenvalue weighted by Gasteiger charge is 2.02. The maximum absolute atomic E-state index is 11.6. The highest BCUT2D eigenvalue weighted by atomic mass is 32.2. The van der Waals surface area contributed by atoms with Gasteiger partial charge in [0.1, 0.15) is 5.75 Å². The quantitative estimate of drug-likeness (QED) is 0.736. The van der Waals surface area contributed by atoms with Crippen LogP contribution in [0.1, 0.15) is 26.7 Å². The highest BCUT2D eigenvalue weighted by Crippen LogP contribution is 2.16. The zero-order chi connectivity index (χ0) is 14.1. The zero-order valence-electron chi connectivity index (χ0n) is 11.9. The van der Waals surface area contributed by atoms with Crippen LogP contribution >= 0.6 is 11.8 Å². The van der Waals surface area contributed by atoms with Crippen molar-refractivity contribution in [3.05, 3.63) is 24.3 Å². The lowest BCUT2D eigenvalue weighted by molar-refractivity contribution is -0.116. The van der Waals surface area contributed by atoms with Gasteiger partial charge in [0.05, 0.1) is 6.61 Å². The predicted molar refractivity (Wildman–Crippen MR) is 83.0 cm³/mol. The van der Waals surface area contributed by atoms with Crippen LogP contribution in [0.3, 0.4) is 0 Å². The molecule has 1 amide bonds. The van der Waals surface area contributed by atoms with Crippen LogP contribution in [0.15, 0.2) is 24.3 Å². The van der Waals surface area contributed by atoms with E-state index in [0.29, 0.717) is 18.9 Å². The summed E-state index contributed by atoms with van der Waals surface area (Å²) in [5, 5.41) is 2.89. The second-order valence-electron chi connectivity index (χ2n) is 4.87. The van der Waals surface area contributed by atoms with Crippen molar-refractivity contribution in [2.24, 2.45) is 5.92 Å². The van der Waals surface area contributed by atoms with E-state index in [0.717, 1.165) is 23.6 Å². The molecule has 0 atom stereocenters. The third kappa shape index (κ3) is 7.11. The van der Waals surface area contributed by atoms with Crippen molar-refractivity contribution >= 4 is 23.4 Å². The number of hydrogen-bond donors (Lipinski definition) is 1. The minimum Gasteiger partial charge on any atom is -0.493 e. The first kappa shape index (κ1) is 15.9. The lowest BCUT2D eigenvalue weighted by atomic mass is 10.2. The van der Waals surface area contributed by atoms with Gasteiger partial charge >= 0.3 is 0 Å². The number of carbonyl (C=O) groups is 1. The molecule has 0 aromatic heterocycles. The molecular weight excluding hydrogens is 258 g/mol. The molecule has 0 heterocycles. The third-order valence-corrected chi connectivity index (χ3v) is 3.17. The van der Waals surface area contributed by atoms with Crippen LogP contribution in [0.25, 0.3) is 0 Å². The smallest absolute Gasteiger partial charge is 0.224 e. The van der Waals surface area contributed by atoms with Gasteiger partial charge in [-0.15, -0.1) is 0 Å². The Labute approximate surface area is 120 Å². The van der Waals surface area contributed by atoms with Crippen LogP contribution in [0.2, 0.25) is 0 Å². The van der Waals surface area contributed by atoms with Gasteiger partial charge in [0, 0.05) is 12.1 Å². The van der Waals surface area contributed by atoms with Gasteiger partial charge in [-0.3, -0.25) is 4.79 Å². The number of hydrogen-bond acceptors (Lipinski definition) is 3. The van der Waals surface area contributed by atoms with Gasteiger partial charge in [0.15, 0.2) is 0 Å². The van der Waals surface area contributed by atoms with Crippen LogP contribution in [-0.4, -0.2) is 24.5 Å². The standard InChI is InChI=1S/C15H23NO2S/c1-12(2)11-18-14-8-6-13(7-9-14)16-15(17)5-4-10-19-3/h6-9,12H,4-5,10-11H2,1-3H3,(H,16,17). The summed E-state index contributed by atoms with van der Waals surface area (Å²) in [6, 6.07) is 7.53. The van der Waals surface area contributed by atoms with E-state index in [1.807, 2.05) is 30.5 Å². The van der Waals surface area contributed by atoms with Gasteiger partial charge < -0.3 is 10.1 Å². The minimum atomic E-state index is 0.0740. The van der Waals surface area contributed by atoms with E-state index in [9.17, 15) is 4.79 Å². The van der Waals surface area contributed by atoms with Crippen LogP contribution in [0.4, 0.5) is 5.69 Å². The van der Waals surface area contributed by atoms with E-state index in [-0.39, 0.29) is 5.91 Å². The van der Waals surface area contributed by atoms with Crippen molar-refractivity contribution in [2.75, 3.05) is 23.9 Å². The molecular formula is C15H23NO2S. The van der Waals surface area contributed by atoms with Crippen molar-refractivity contribution in [2.45, 2.75) is 26.7 Å². The molecule has 106 valence electrons. The molecule has 0 saturated carbocycles. The molecule has 3 nitrogen and oxygen atoms in total. The molecule has 19 heavy (non-hydrogen) atoms. The fraction of sp³-hybridized carbons (Fsp3) is 0.533. The Morgan fingerprint density at radius 1 is 1.32 bits per heavy atom. The van der Waals surface area contributed by atoms with E-state index in [4.69, 9.17) is 4.74 Å². The summed E-state index contributed by atoms with van der Waals surface area (Å²) in [5.41, 5.74) is 0.825. The van der Waals surface area contributed by atoms with Crippen LogP contribution in [0, 0.1) is 5.92 Å². The number of rotatable bonds is 8. The Kier molecular flexibility index (Phi) is 7.41. The van der Waals surface area contributed by atoms with E-state index >= 15 is 0 Å². The molecule has 1 aromatic rings. The summed E-state index contributed by atoms with van der Waals surface area (Å²) in [6.45, 7) is 4.94. The maximum atomic E-state index is 11.6. The summed E-state index contributed by atoms with van der Waals surface area (Å²) >= 11 is 1.76. The van der Waals surface area contributed by atoms with Crippen molar-refractivity contribution in [1.29, 1.82) is 0 Å². The lowest BCUT2D eigenvalue weighted by Crippen LogP contribution is -2.11. The molecule has 0 bridgehead atoms. The van der Waals surface area contributed by atoms with Crippen LogP contribution in [-0.2, 0) is 4.79 Å². The van der Waals surface area contributed by atoms with E-state index in [1.54, 1.807) is 11.8 Å². The first-order valence-electron chi connectivity index (χ1n) is 6.63. The van der Waals surface area contributed by atoms with Gasteiger partial charge in [0.2, 0.25) is 5.91 Å². The molecule has 0 fully saturated rings. The number of amides is 1. The largest absolute Gasteiger partial charge is 0.493 e. The number of nitrogens with one attached hydrogen (secondary N) is 1. The summed E-state index contributed by atoms with van der Waals surface area (Å²) < 4.78 is 5.59. The Morgan fingerprint density at radius 2 is 2.00 bits per heavy atom. The monoisotopic (exact) mass is 281 g/mol. The fourth-order valence-electron chi connectivity index (χ4n) is 1.50. The number of carbonyl (C=O) groups excluding carboxylic acids is 1. The van der Waals surface area contributed by atoms with Crippen molar-refractivity contribution in [1.82, 2.24) is 0 Å². The van der Waals surface area contributed by atoms with Gasteiger partial charge in [-0.1, -0.05) is 13.8 Å². The molecule has 0 saturated heterocycles. The number of anilines is 1. The number of benzene rings is 1. The molecule has 0 aliphatic heterocycles. The van der Waals surface area contributed by atoms with Crippen LogP contribution in [0.5, 0.6) is 5.75 Å². The molecule has 0 spiro atoms. The second kappa shape index (κ2) is 8.86. The first-order chi connectivity index (χ1) is 9.11. The summed E-state index contributed by atoms with van der Waals surface area (Å²) in [5.74, 6) is 2.45. The van der Waals surface area contributed by atoms with E-state index in [2.05, 4.69) is 19.2 Å². The second-order valence-corrected chi connectivity index (χ2v) is 5.86. The lowest BCUT2D eigenvalue weighted by Gasteiger charge is -2.09. The zero-order valence-corrected chi connectivity index (χ0v) is 12.8. The van der Waals surface area contributed by atoms with E-state index in [1.165, 1.54) is 0 Å². The maximum Gasteiger partial charge on any atom is 0.224 e. The van der Waals surface area contributed by atoms with Crippen molar-refractivity contribution in [3.63, 3.8) is 0 Å². The molecule has 0 unspecified atom stereocenters. The van der Waals surface area contributed by atoms with Gasteiger partial charge in [0.25, 0.3) is 0 Å². The molecule has 1 rings (SSSR count). The SMILES string of the molecule is CSCCCC(=O)Nc1ccc(OCC(C)C)cc1. The average Bonchev–Trinajstić information content (AvgIpc) is 2.38. The van der Waals surface area contributed by atoms with Gasteiger partial charge in [-0.25, -0.2) is 0 Å². The highest BCUT2D eigenvalue weighted by molar-refractivity contribution is 7.98. The predicted octanol–water partition coefficient (Wildman–Crippen LogP) is 3.80. The topological polar surface area (TPSA) is 38.3 Å².